The summed E-state index contributed by atoms with van der Waals surface area (Å²) in [5.74, 6) is 0.0276. The number of nitrogens with zero attached hydrogens (tertiary/aromatic N) is 2. The molecule has 6 heteroatoms. The molecule has 0 saturated carbocycles. The second kappa shape index (κ2) is 6.89. The predicted octanol–water partition coefficient (Wildman–Crippen LogP) is 2.42. The molecular formula is C17H24N2O3S. The van der Waals surface area contributed by atoms with E-state index in [2.05, 4.69) is 22.4 Å². The molecule has 0 aromatic carbocycles. The van der Waals surface area contributed by atoms with Crippen LogP contribution in [0.3, 0.4) is 0 Å². The Hall–Kier alpha value is -0.950. The largest absolute Gasteiger partial charge is 0.363 e. The van der Waals surface area contributed by atoms with Gasteiger partial charge in [-0.3, -0.25) is 14.5 Å². The smallest absolute Gasteiger partial charge is 0.275 e. The Balaban J connectivity index is 1.34. The molecule has 4 rings (SSSR count). The van der Waals surface area contributed by atoms with E-state index in [1.807, 2.05) is 11.3 Å². The van der Waals surface area contributed by atoms with Crippen LogP contribution in [0.1, 0.15) is 37.0 Å². The van der Waals surface area contributed by atoms with Crippen LogP contribution in [0, 0.1) is 0 Å². The van der Waals surface area contributed by atoms with Gasteiger partial charge in [-0.1, -0.05) is 6.07 Å². The molecule has 0 unspecified atom stereocenters. The molecule has 3 aliphatic heterocycles. The van der Waals surface area contributed by atoms with Gasteiger partial charge in [0.1, 0.15) is 6.10 Å². The summed E-state index contributed by atoms with van der Waals surface area (Å²) >= 11 is 1.81. The number of carbonyl (C=O) groups excluding carboxylic acids is 1. The number of carbonyl (C=O) groups is 1. The molecule has 0 radical (unpaired) electrons. The molecule has 0 N–H and O–H groups in total. The van der Waals surface area contributed by atoms with Gasteiger partial charge in [-0.15, -0.1) is 11.3 Å². The van der Waals surface area contributed by atoms with Crippen molar-refractivity contribution < 1.29 is 14.4 Å². The lowest BCUT2D eigenvalue weighted by atomic mass is 9.98. The van der Waals surface area contributed by atoms with Gasteiger partial charge in [0.15, 0.2) is 0 Å². The van der Waals surface area contributed by atoms with Crippen LogP contribution < -0.4 is 0 Å². The number of likely N-dealkylation sites (tertiary alicyclic amines) is 1. The van der Waals surface area contributed by atoms with E-state index in [0.717, 1.165) is 45.2 Å². The number of thiophene rings is 1. The van der Waals surface area contributed by atoms with E-state index in [4.69, 9.17) is 9.57 Å². The molecule has 3 fully saturated rings. The fraction of sp³-hybridized carbons (Fsp3) is 0.706. The van der Waals surface area contributed by atoms with Gasteiger partial charge < -0.3 is 4.74 Å². The third kappa shape index (κ3) is 3.31. The number of hydrogen-bond donors (Lipinski definition) is 0. The van der Waals surface area contributed by atoms with Gasteiger partial charge in [0, 0.05) is 30.6 Å². The van der Waals surface area contributed by atoms with Crippen LogP contribution in [0.15, 0.2) is 17.5 Å². The highest BCUT2D eigenvalue weighted by Crippen LogP contribution is 2.33. The van der Waals surface area contributed by atoms with Gasteiger partial charge in [-0.25, -0.2) is 5.06 Å². The lowest BCUT2D eigenvalue weighted by Crippen LogP contribution is -2.49. The van der Waals surface area contributed by atoms with Crippen molar-refractivity contribution in [3.8, 4) is 0 Å². The minimum absolute atomic E-state index is 0.0276. The highest BCUT2D eigenvalue weighted by molar-refractivity contribution is 7.09. The van der Waals surface area contributed by atoms with Gasteiger partial charge in [-0.05, 0) is 43.6 Å². The SMILES string of the molecule is O=C([C@H]1CC[C@@H]2[C@@H](CCN2Cc2cccs2)O1)N1CCCCO1. The summed E-state index contributed by atoms with van der Waals surface area (Å²) in [4.78, 5) is 22.0. The fourth-order valence-corrected chi connectivity index (χ4v) is 4.66. The first-order valence-electron chi connectivity index (χ1n) is 8.67. The first-order chi connectivity index (χ1) is 11.3. The van der Waals surface area contributed by atoms with E-state index in [9.17, 15) is 4.79 Å². The highest BCUT2D eigenvalue weighted by Gasteiger charge is 2.42. The lowest BCUT2D eigenvalue weighted by molar-refractivity contribution is -0.213. The molecule has 1 amide bonds. The minimum Gasteiger partial charge on any atom is -0.363 e. The van der Waals surface area contributed by atoms with Gasteiger partial charge >= 0.3 is 0 Å². The van der Waals surface area contributed by atoms with E-state index in [1.165, 1.54) is 9.94 Å². The van der Waals surface area contributed by atoms with Crippen molar-refractivity contribution in [2.24, 2.45) is 0 Å². The molecule has 23 heavy (non-hydrogen) atoms. The van der Waals surface area contributed by atoms with Gasteiger partial charge in [-0.2, -0.15) is 0 Å². The van der Waals surface area contributed by atoms with E-state index in [0.29, 0.717) is 19.2 Å². The third-order valence-corrected chi connectivity index (χ3v) is 5.99. The summed E-state index contributed by atoms with van der Waals surface area (Å²) in [5, 5.41) is 3.67. The number of ether oxygens (including phenoxy) is 1. The average molecular weight is 336 g/mol. The van der Waals surface area contributed by atoms with Crippen molar-refractivity contribution in [1.82, 2.24) is 9.96 Å². The Morgan fingerprint density at radius 2 is 2.22 bits per heavy atom. The zero-order valence-electron chi connectivity index (χ0n) is 13.4. The molecule has 0 bridgehead atoms. The Morgan fingerprint density at radius 3 is 3.00 bits per heavy atom. The van der Waals surface area contributed by atoms with Crippen molar-refractivity contribution >= 4 is 17.2 Å². The zero-order chi connectivity index (χ0) is 15.6. The predicted molar refractivity (Wildman–Crippen MR) is 87.9 cm³/mol. The molecule has 3 saturated heterocycles. The van der Waals surface area contributed by atoms with Crippen LogP contribution in [-0.4, -0.2) is 53.8 Å². The van der Waals surface area contributed by atoms with Crippen molar-refractivity contribution in [2.45, 2.75) is 56.9 Å². The summed E-state index contributed by atoms with van der Waals surface area (Å²) in [7, 11) is 0. The van der Waals surface area contributed by atoms with Crippen molar-refractivity contribution in [1.29, 1.82) is 0 Å². The Labute approximate surface area is 141 Å². The van der Waals surface area contributed by atoms with Crippen LogP contribution in [-0.2, 0) is 20.9 Å². The Kier molecular flexibility index (Phi) is 4.66. The maximum atomic E-state index is 12.5. The topological polar surface area (TPSA) is 42.0 Å². The van der Waals surface area contributed by atoms with Crippen LogP contribution in [0.5, 0.6) is 0 Å². The molecule has 3 atom stereocenters. The summed E-state index contributed by atoms with van der Waals surface area (Å²) in [6, 6.07) is 4.77. The van der Waals surface area contributed by atoms with E-state index >= 15 is 0 Å². The minimum atomic E-state index is -0.309. The quantitative estimate of drug-likeness (QED) is 0.850. The molecule has 0 aliphatic carbocycles. The fourth-order valence-electron chi connectivity index (χ4n) is 3.93. The van der Waals surface area contributed by atoms with Crippen LogP contribution >= 0.6 is 11.3 Å². The number of fused-ring (bicyclic) bond motifs is 1. The van der Waals surface area contributed by atoms with Crippen LogP contribution in [0.4, 0.5) is 0 Å². The van der Waals surface area contributed by atoms with E-state index < -0.39 is 0 Å². The van der Waals surface area contributed by atoms with Crippen LogP contribution in [0.25, 0.3) is 0 Å². The Bertz CT molecular complexity index is 530. The van der Waals surface area contributed by atoms with Crippen LogP contribution in [0.2, 0.25) is 0 Å². The lowest BCUT2D eigenvalue weighted by Gasteiger charge is -2.37. The molecule has 1 aromatic rings. The van der Waals surface area contributed by atoms with Gasteiger partial charge in [0.2, 0.25) is 0 Å². The molecule has 3 aliphatic rings. The highest BCUT2D eigenvalue weighted by atomic mass is 32.1. The summed E-state index contributed by atoms with van der Waals surface area (Å²) < 4.78 is 6.17. The van der Waals surface area contributed by atoms with E-state index in [-0.39, 0.29) is 18.1 Å². The maximum Gasteiger partial charge on any atom is 0.275 e. The molecule has 1 aromatic heterocycles. The second-order valence-electron chi connectivity index (χ2n) is 6.63. The van der Waals surface area contributed by atoms with Gasteiger partial charge in [0.05, 0.1) is 12.7 Å². The Morgan fingerprint density at radius 1 is 1.26 bits per heavy atom. The molecule has 4 heterocycles. The summed E-state index contributed by atoms with van der Waals surface area (Å²) in [6.07, 6.45) is 4.83. The first-order valence-corrected chi connectivity index (χ1v) is 9.55. The summed E-state index contributed by atoms with van der Waals surface area (Å²) in [5.41, 5.74) is 0. The standard InChI is InChI=1S/C17H24N2O3S/c20-17(19-8-1-2-10-21-19)16-6-5-14-15(22-16)7-9-18(14)12-13-4-3-11-23-13/h3-4,11,14-16H,1-2,5-10,12H2/t14-,15-,16-/m1/s1. The van der Waals surface area contributed by atoms with Crippen molar-refractivity contribution in [2.75, 3.05) is 19.7 Å². The third-order valence-electron chi connectivity index (χ3n) is 5.13. The average Bonchev–Trinajstić information content (AvgIpc) is 3.25. The monoisotopic (exact) mass is 336 g/mol. The first kappa shape index (κ1) is 15.6. The van der Waals surface area contributed by atoms with E-state index in [1.54, 1.807) is 0 Å². The summed E-state index contributed by atoms with van der Waals surface area (Å²) in [6.45, 7) is 3.43. The molecule has 0 spiro atoms. The van der Waals surface area contributed by atoms with Crippen molar-refractivity contribution in [3.63, 3.8) is 0 Å². The molecule has 5 nitrogen and oxygen atoms in total. The zero-order valence-corrected chi connectivity index (χ0v) is 14.2. The second-order valence-corrected chi connectivity index (χ2v) is 7.66. The maximum absolute atomic E-state index is 12.5. The number of hydroxylamine groups is 2. The van der Waals surface area contributed by atoms with Gasteiger partial charge in [0.25, 0.3) is 5.91 Å². The van der Waals surface area contributed by atoms with Crippen molar-refractivity contribution in [3.05, 3.63) is 22.4 Å². The number of rotatable bonds is 3. The number of hydrogen-bond acceptors (Lipinski definition) is 5. The molecule has 126 valence electrons. The molecular weight excluding hydrogens is 312 g/mol. The number of amides is 1. The normalized spacial score (nSPS) is 32.0.